The molecule has 0 spiro atoms. The number of carbonyl (C=O) groups excluding carboxylic acids is 2. The lowest BCUT2D eigenvalue weighted by Crippen LogP contribution is -2.18. The molecule has 0 aliphatic heterocycles. The number of hydrogen-bond donors (Lipinski definition) is 0. The molecule has 0 heterocycles. The van der Waals surface area contributed by atoms with Gasteiger partial charge in [0.15, 0.2) is 0 Å². The minimum absolute atomic E-state index is 0.0815. The number of esters is 2. The molecule has 1 unspecified atom stereocenters. The van der Waals surface area contributed by atoms with E-state index in [4.69, 9.17) is 9.47 Å². The number of hydrogen-bond acceptors (Lipinski definition) is 4. The smallest absolute Gasteiger partial charge is 0.306 e. The topological polar surface area (TPSA) is 52.6 Å². The maximum atomic E-state index is 12.0. The average molecular weight is 455 g/mol. The molecular weight excluding hydrogens is 400 g/mol. The third-order valence-electron chi connectivity index (χ3n) is 6.06. The molecule has 0 saturated heterocycles. The van der Waals surface area contributed by atoms with Gasteiger partial charge in [-0.3, -0.25) is 9.59 Å². The Kier molecular flexibility index (Phi) is 23.8. The molecule has 0 aliphatic rings. The first-order chi connectivity index (χ1) is 15.6. The first-order valence-electron chi connectivity index (χ1n) is 14.0. The molecule has 4 heteroatoms. The van der Waals surface area contributed by atoms with Gasteiger partial charge in [0.05, 0.1) is 6.61 Å². The van der Waals surface area contributed by atoms with Crippen LogP contribution in [0.5, 0.6) is 0 Å². The maximum absolute atomic E-state index is 12.0. The molecule has 32 heavy (non-hydrogen) atoms. The first kappa shape index (κ1) is 30.9. The highest BCUT2D eigenvalue weighted by atomic mass is 16.5. The van der Waals surface area contributed by atoms with Crippen LogP contribution in [0.4, 0.5) is 0 Å². The van der Waals surface area contributed by atoms with Crippen LogP contribution in [0.15, 0.2) is 0 Å². The van der Waals surface area contributed by atoms with E-state index in [0.717, 1.165) is 64.2 Å². The standard InChI is InChI=1S/C28H54O4/c1-4-7-9-10-11-12-13-14-15-16-20-25-31-27(29)23-18-17-19-24-28(30)32-26(21-6-3)22-8-5-2/h26H,4-25H2,1-3H3. The van der Waals surface area contributed by atoms with Crippen molar-refractivity contribution in [2.75, 3.05) is 6.61 Å². The zero-order valence-corrected chi connectivity index (χ0v) is 21.8. The van der Waals surface area contributed by atoms with Crippen LogP contribution in [0.3, 0.4) is 0 Å². The predicted octanol–water partition coefficient (Wildman–Crippen LogP) is 8.69. The van der Waals surface area contributed by atoms with Gasteiger partial charge in [0.1, 0.15) is 6.10 Å². The third-order valence-corrected chi connectivity index (χ3v) is 6.06. The lowest BCUT2D eigenvalue weighted by molar-refractivity contribution is -0.150. The molecule has 4 nitrogen and oxygen atoms in total. The number of unbranched alkanes of at least 4 members (excludes halogenated alkanes) is 13. The van der Waals surface area contributed by atoms with Gasteiger partial charge in [0.25, 0.3) is 0 Å². The van der Waals surface area contributed by atoms with Crippen LogP contribution >= 0.6 is 0 Å². The maximum Gasteiger partial charge on any atom is 0.306 e. The van der Waals surface area contributed by atoms with E-state index in [2.05, 4.69) is 20.8 Å². The van der Waals surface area contributed by atoms with Crippen molar-refractivity contribution in [1.29, 1.82) is 0 Å². The summed E-state index contributed by atoms with van der Waals surface area (Å²) in [4.78, 5) is 23.8. The van der Waals surface area contributed by atoms with E-state index in [1.807, 2.05) is 0 Å². The summed E-state index contributed by atoms with van der Waals surface area (Å²) in [7, 11) is 0. The number of carbonyl (C=O) groups is 2. The summed E-state index contributed by atoms with van der Waals surface area (Å²) in [6.07, 6.45) is 22.9. The largest absolute Gasteiger partial charge is 0.466 e. The summed E-state index contributed by atoms with van der Waals surface area (Å²) in [5.41, 5.74) is 0. The molecule has 0 fully saturated rings. The highest BCUT2D eigenvalue weighted by Gasteiger charge is 2.13. The summed E-state index contributed by atoms with van der Waals surface area (Å²) < 4.78 is 11.0. The molecule has 0 amide bonds. The Hall–Kier alpha value is -1.06. The lowest BCUT2D eigenvalue weighted by Gasteiger charge is -2.17. The second-order valence-corrected chi connectivity index (χ2v) is 9.36. The Bertz CT molecular complexity index is 422. The quantitative estimate of drug-likeness (QED) is 0.108. The van der Waals surface area contributed by atoms with Crippen molar-refractivity contribution in [3.05, 3.63) is 0 Å². The van der Waals surface area contributed by atoms with Gasteiger partial charge in [0.2, 0.25) is 0 Å². The molecular formula is C28H54O4. The van der Waals surface area contributed by atoms with Crippen molar-refractivity contribution in [2.45, 2.75) is 162 Å². The van der Waals surface area contributed by atoms with Crippen molar-refractivity contribution in [3.63, 3.8) is 0 Å². The van der Waals surface area contributed by atoms with E-state index < -0.39 is 0 Å². The Labute approximate surface area is 199 Å². The molecule has 1 atom stereocenters. The van der Waals surface area contributed by atoms with E-state index in [1.54, 1.807) is 0 Å². The average Bonchev–Trinajstić information content (AvgIpc) is 2.78. The Morgan fingerprint density at radius 2 is 1.03 bits per heavy atom. The van der Waals surface area contributed by atoms with Crippen LogP contribution in [0.2, 0.25) is 0 Å². The van der Waals surface area contributed by atoms with Gasteiger partial charge in [0, 0.05) is 12.8 Å². The van der Waals surface area contributed by atoms with Crippen molar-refractivity contribution >= 4 is 11.9 Å². The molecule has 0 aromatic heterocycles. The van der Waals surface area contributed by atoms with Gasteiger partial charge in [-0.1, -0.05) is 111 Å². The highest BCUT2D eigenvalue weighted by molar-refractivity contribution is 5.70. The SMILES string of the molecule is CCCCCCCCCCCCCOC(=O)CCCCCC(=O)OC(CCC)CCCC. The Balaban J connectivity index is 3.46. The second kappa shape index (κ2) is 24.6. The van der Waals surface area contributed by atoms with E-state index in [-0.39, 0.29) is 18.0 Å². The van der Waals surface area contributed by atoms with Gasteiger partial charge in [-0.25, -0.2) is 0 Å². The zero-order valence-electron chi connectivity index (χ0n) is 21.8. The molecule has 0 rings (SSSR count). The molecule has 0 aromatic carbocycles. The van der Waals surface area contributed by atoms with Crippen LogP contribution in [0, 0.1) is 0 Å². The predicted molar refractivity (Wildman–Crippen MR) is 135 cm³/mol. The van der Waals surface area contributed by atoms with Crippen LogP contribution in [-0.2, 0) is 19.1 Å². The molecule has 0 aromatic rings. The fourth-order valence-electron chi connectivity index (χ4n) is 4.00. The fraction of sp³-hybridized carbons (Fsp3) is 0.929. The summed E-state index contributed by atoms with van der Waals surface area (Å²) >= 11 is 0. The minimum atomic E-state index is -0.0952. The van der Waals surface area contributed by atoms with Gasteiger partial charge < -0.3 is 9.47 Å². The van der Waals surface area contributed by atoms with Crippen LogP contribution < -0.4 is 0 Å². The number of rotatable bonds is 24. The summed E-state index contributed by atoms with van der Waals surface area (Å²) in [6, 6.07) is 0. The first-order valence-corrected chi connectivity index (χ1v) is 14.0. The van der Waals surface area contributed by atoms with Crippen molar-refractivity contribution in [3.8, 4) is 0 Å². The normalized spacial score (nSPS) is 12.0. The molecule has 0 aliphatic carbocycles. The van der Waals surface area contributed by atoms with Crippen molar-refractivity contribution < 1.29 is 19.1 Å². The van der Waals surface area contributed by atoms with E-state index in [0.29, 0.717) is 19.4 Å². The summed E-state index contributed by atoms with van der Waals surface area (Å²) in [5, 5.41) is 0. The fourth-order valence-corrected chi connectivity index (χ4v) is 4.00. The van der Waals surface area contributed by atoms with Gasteiger partial charge in [-0.15, -0.1) is 0 Å². The van der Waals surface area contributed by atoms with Crippen molar-refractivity contribution in [1.82, 2.24) is 0 Å². The van der Waals surface area contributed by atoms with Crippen LogP contribution in [-0.4, -0.2) is 24.6 Å². The monoisotopic (exact) mass is 454 g/mol. The summed E-state index contributed by atoms with van der Waals surface area (Å²) in [6.45, 7) is 7.10. The van der Waals surface area contributed by atoms with E-state index in [9.17, 15) is 9.59 Å². The lowest BCUT2D eigenvalue weighted by atomic mass is 10.1. The highest BCUT2D eigenvalue weighted by Crippen LogP contribution is 2.14. The molecule has 0 bridgehead atoms. The Morgan fingerprint density at radius 3 is 1.59 bits per heavy atom. The number of ether oxygens (including phenoxy) is 2. The second-order valence-electron chi connectivity index (χ2n) is 9.36. The zero-order chi connectivity index (χ0) is 23.7. The third kappa shape index (κ3) is 22.1. The van der Waals surface area contributed by atoms with E-state index in [1.165, 1.54) is 57.8 Å². The molecule has 0 saturated carbocycles. The molecule has 0 radical (unpaired) electrons. The molecule has 190 valence electrons. The Morgan fingerprint density at radius 1 is 0.531 bits per heavy atom. The summed E-state index contributed by atoms with van der Waals surface area (Å²) in [5.74, 6) is -0.180. The van der Waals surface area contributed by atoms with Gasteiger partial charge in [-0.2, -0.15) is 0 Å². The van der Waals surface area contributed by atoms with Gasteiger partial charge >= 0.3 is 11.9 Å². The van der Waals surface area contributed by atoms with Crippen LogP contribution in [0.25, 0.3) is 0 Å². The molecule has 0 N–H and O–H groups in total. The van der Waals surface area contributed by atoms with E-state index >= 15 is 0 Å². The van der Waals surface area contributed by atoms with Crippen molar-refractivity contribution in [2.24, 2.45) is 0 Å². The van der Waals surface area contributed by atoms with Crippen LogP contribution in [0.1, 0.15) is 156 Å². The minimum Gasteiger partial charge on any atom is -0.466 e. The van der Waals surface area contributed by atoms with Gasteiger partial charge in [-0.05, 0) is 32.1 Å².